The van der Waals surface area contributed by atoms with E-state index in [4.69, 9.17) is 4.52 Å². The molecule has 6 heteroatoms. The monoisotopic (exact) mass is 350 g/mol. The molecule has 1 amide bonds. The van der Waals surface area contributed by atoms with Gasteiger partial charge in [-0.25, -0.2) is 0 Å². The van der Waals surface area contributed by atoms with Gasteiger partial charge in [0, 0.05) is 17.7 Å². The molecule has 26 heavy (non-hydrogen) atoms. The van der Waals surface area contributed by atoms with Gasteiger partial charge in [0.25, 0.3) is 5.91 Å². The highest BCUT2D eigenvalue weighted by Crippen LogP contribution is 2.33. The smallest absolute Gasteiger partial charge is 0.278 e. The zero-order valence-corrected chi connectivity index (χ0v) is 15.0. The van der Waals surface area contributed by atoms with Crippen LogP contribution in [0.1, 0.15) is 66.0 Å². The molecule has 0 saturated carbocycles. The summed E-state index contributed by atoms with van der Waals surface area (Å²) in [6.45, 7) is 4.18. The fourth-order valence-corrected chi connectivity index (χ4v) is 3.53. The van der Waals surface area contributed by atoms with Crippen molar-refractivity contribution < 1.29 is 9.32 Å². The third-order valence-electron chi connectivity index (χ3n) is 5.08. The minimum atomic E-state index is -0.240. The molecular formula is C20H22N4O2. The van der Waals surface area contributed by atoms with Gasteiger partial charge in [-0.05, 0) is 31.7 Å². The minimum absolute atomic E-state index is 0.0857. The molecule has 6 nitrogen and oxygen atoms in total. The van der Waals surface area contributed by atoms with E-state index < -0.39 is 0 Å². The number of carbonyl (C=O) groups excluding carboxylic acids is 1. The molecule has 3 aromatic rings. The summed E-state index contributed by atoms with van der Waals surface area (Å²) in [5, 5.41) is 11.3. The van der Waals surface area contributed by atoms with Crippen molar-refractivity contribution in [3.05, 3.63) is 65.3 Å². The van der Waals surface area contributed by atoms with Gasteiger partial charge in [-0.15, -0.1) is 0 Å². The van der Waals surface area contributed by atoms with Crippen LogP contribution < -0.4 is 5.32 Å². The predicted octanol–water partition coefficient (Wildman–Crippen LogP) is 4.17. The first kappa shape index (κ1) is 16.6. The van der Waals surface area contributed by atoms with Crippen LogP contribution in [-0.2, 0) is 6.42 Å². The van der Waals surface area contributed by atoms with E-state index in [1.54, 1.807) is 6.20 Å². The highest BCUT2D eigenvalue weighted by atomic mass is 16.5. The molecule has 0 bridgehead atoms. The number of fused-ring (bicyclic) bond motifs is 1. The van der Waals surface area contributed by atoms with Gasteiger partial charge in [-0.1, -0.05) is 42.4 Å². The molecule has 2 aromatic heterocycles. The maximum absolute atomic E-state index is 12.6. The summed E-state index contributed by atoms with van der Waals surface area (Å²) in [4.78, 5) is 12.6. The van der Waals surface area contributed by atoms with Crippen molar-refractivity contribution >= 4 is 11.6 Å². The van der Waals surface area contributed by atoms with Crippen molar-refractivity contribution in [1.29, 1.82) is 0 Å². The summed E-state index contributed by atoms with van der Waals surface area (Å²) >= 11 is 0. The fourth-order valence-electron chi connectivity index (χ4n) is 3.53. The summed E-state index contributed by atoms with van der Waals surface area (Å²) < 4.78 is 7.27. The molecule has 1 aliphatic carbocycles. The Kier molecular flexibility index (Phi) is 4.32. The van der Waals surface area contributed by atoms with E-state index in [9.17, 15) is 4.79 Å². The van der Waals surface area contributed by atoms with E-state index in [1.165, 1.54) is 0 Å². The summed E-state index contributed by atoms with van der Waals surface area (Å²) in [5.41, 5.74) is 3.16. The molecule has 4 rings (SSSR count). The number of anilines is 1. The first-order chi connectivity index (χ1) is 12.6. The molecule has 2 heterocycles. The van der Waals surface area contributed by atoms with Gasteiger partial charge in [0.2, 0.25) is 0 Å². The molecule has 2 atom stereocenters. The number of aromatic nitrogens is 3. The third-order valence-corrected chi connectivity index (χ3v) is 5.08. The van der Waals surface area contributed by atoms with Gasteiger partial charge < -0.3 is 9.84 Å². The lowest BCUT2D eigenvalue weighted by atomic mass is 9.88. The number of amides is 1. The van der Waals surface area contributed by atoms with Crippen molar-refractivity contribution in [3.8, 4) is 0 Å². The normalized spacial score (nSPS) is 17.5. The van der Waals surface area contributed by atoms with Gasteiger partial charge in [0.15, 0.2) is 5.69 Å². The molecule has 1 aliphatic rings. The van der Waals surface area contributed by atoms with Gasteiger partial charge in [-0.3, -0.25) is 9.48 Å². The summed E-state index contributed by atoms with van der Waals surface area (Å²) in [6.07, 6.45) is 6.48. The highest BCUT2D eigenvalue weighted by Gasteiger charge is 2.28. The highest BCUT2D eigenvalue weighted by molar-refractivity contribution is 6.03. The summed E-state index contributed by atoms with van der Waals surface area (Å²) in [7, 11) is 0. The Hall–Kier alpha value is -2.89. The molecular weight excluding hydrogens is 328 g/mol. The molecule has 0 fully saturated rings. The van der Waals surface area contributed by atoms with Gasteiger partial charge >= 0.3 is 0 Å². The summed E-state index contributed by atoms with van der Waals surface area (Å²) in [6, 6.07) is 10.2. The van der Waals surface area contributed by atoms with E-state index in [-0.39, 0.29) is 11.9 Å². The maximum atomic E-state index is 12.6. The van der Waals surface area contributed by atoms with Crippen LogP contribution in [0.2, 0.25) is 0 Å². The predicted molar refractivity (Wildman–Crippen MR) is 98.3 cm³/mol. The Morgan fingerprint density at radius 3 is 2.96 bits per heavy atom. The molecule has 1 aromatic carbocycles. The van der Waals surface area contributed by atoms with Crippen LogP contribution >= 0.6 is 0 Å². The molecule has 0 aliphatic heterocycles. The number of hydrogen-bond donors (Lipinski definition) is 1. The van der Waals surface area contributed by atoms with Crippen LogP contribution in [0.5, 0.6) is 0 Å². The van der Waals surface area contributed by atoms with Crippen molar-refractivity contribution in [2.24, 2.45) is 0 Å². The SMILES string of the molecule is CC1CCCc2c(C(=O)Nc3cnn(C(C)c4ccccc4)c3)noc21. The largest absolute Gasteiger partial charge is 0.360 e. The first-order valence-electron chi connectivity index (χ1n) is 9.02. The van der Waals surface area contributed by atoms with Gasteiger partial charge in [0.1, 0.15) is 5.76 Å². The molecule has 0 saturated heterocycles. The summed E-state index contributed by atoms with van der Waals surface area (Å²) in [5.74, 6) is 0.938. The lowest BCUT2D eigenvalue weighted by Crippen LogP contribution is -2.16. The number of benzene rings is 1. The Morgan fingerprint density at radius 1 is 1.35 bits per heavy atom. The zero-order valence-electron chi connectivity index (χ0n) is 15.0. The number of nitrogens with one attached hydrogen (secondary N) is 1. The van der Waals surface area contributed by atoms with Crippen LogP contribution in [0.4, 0.5) is 5.69 Å². The van der Waals surface area contributed by atoms with Crippen LogP contribution in [0, 0.1) is 0 Å². The molecule has 1 N–H and O–H groups in total. The number of hydrogen-bond acceptors (Lipinski definition) is 4. The van der Waals surface area contributed by atoms with E-state index in [2.05, 4.69) is 41.6 Å². The topological polar surface area (TPSA) is 73.0 Å². The van der Waals surface area contributed by atoms with Crippen molar-refractivity contribution in [1.82, 2.24) is 14.9 Å². The fraction of sp³-hybridized carbons (Fsp3) is 0.350. The average molecular weight is 350 g/mol. The second-order valence-corrected chi connectivity index (χ2v) is 6.92. The van der Waals surface area contributed by atoms with Gasteiger partial charge in [0.05, 0.1) is 17.9 Å². The van der Waals surface area contributed by atoms with E-state index >= 15 is 0 Å². The molecule has 134 valence electrons. The Balaban J connectivity index is 1.50. The average Bonchev–Trinajstić information content (AvgIpc) is 3.29. The zero-order chi connectivity index (χ0) is 18.1. The molecule has 0 radical (unpaired) electrons. The second-order valence-electron chi connectivity index (χ2n) is 6.92. The lowest BCUT2D eigenvalue weighted by Gasteiger charge is -2.15. The van der Waals surface area contributed by atoms with Gasteiger partial charge in [-0.2, -0.15) is 5.10 Å². The third kappa shape index (κ3) is 3.03. The van der Waals surface area contributed by atoms with E-state index in [0.717, 1.165) is 36.1 Å². The van der Waals surface area contributed by atoms with Crippen molar-refractivity contribution in [2.45, 2.75) is 45.1 Å². The van der Waals surface area contributed by atoms with Crippen molar-refractivity contribution in [2.75, 3.05) is 5.32 Å². The van der Waals surface area contributed by atoms with Crippen molar-refractivity contribution in [3.63, 3.8) is 0 Å². The quantitative estimate of drug-likeness (QED) is 0.766. The Morgan fingerprint density at radius 2 is 2.15 bits per heavy atom. The minimum Gasteiger partial charge on any atom is -0.360 e. The molecule has 0 spiro atoms. The Bertz CT molecular complexity index is 913. The lowest BCUT2D eigenvalue weighted by molar-refractivity contribution is 0.101. The molecule has 2 unspecified atom stereocenters. The number of rotatable bonds is 4. The maximum Gasteiger partial charge on any atom is 0.278 e. The van der Waals surface area contributed by atoms with Crippen LogP contribution in [0.3, 0.4) is 0 Å². The number of nitrogens with zero attached hydrogens (tertiary/aromatic N) is 3. The standard InChI is InChI=1S/C20H22N4O2/c1-13-7-6-10-17-18(23-26-19(13)17)20(25)22-16-11-21-24(12-16)14(2)15-8-4-3-5-9-15/h3-5,8-9,11-14H,6-7,10H2,1-2H3,(H,22,25). The van der Waals surface area contributed by atoms with E-state index in [1.807, 2.05) is 29.1 Å². The van der Waals surface area contributed by atoms with E-state index in [0.29, 0.717) is 17.3 Å². The van der Waals surface area contributed by atoms with Crippen LogP contribution in [-0.4, -0.2) is 20.8 Å². The Labute approximate surface area is 152 Å². The number of carbonyl (C=O) groups is 1. The first-order valence-corrected chi connectivity index (χ1v) is 9.02. The second kappa shape index (κ2) is 6.78. The van der Waals surface area contributed by atoms with Crippen LogP contribution in [0.25, 0.3) is 0 Å². The van der Waals surface area contributed by atoms with Crippen LogP contribution in [0.15, 0.2) is 47.2 Å².